The average molecular weight is 303 g/mol. The molecule has 0 spiro atoms. The van der Waals surface area contributed by atoms with Crippen LogP contribution in [-0.2, 0) is 9.53 Å². The zero-order valence-electron chi connectivity index (χ0n) is 13.5. The van der Waals surface area contributed by atoms with Crippen molar-refractivity contribution in [2.24, 2.45) is 0 Å². The fourth-order valence-electron chi connectivity index (χ4n) is 2.42. The molecule has 1 atom stereocenters. The SMILES string of the molecule is COC(=O)C1=C(C)N(C)C(=O)NC1c1ccc(N(C)C)cc1. The van der Waals surface area contributed by atoms with Crippen molar-refractivity contribution >= 4 is 17.7 Å². The highest BCUT2D eigenvalue weighted by Gasteiger charge is 2.34. The molecule has 118 valence electrons. The summed E-state index contributed by atoms with van der Waals surface area (Å²) in [6, 6.07) is 6.96. The van der Waals surface area contributed by atoms with Gasteiger partial charge in [-0.25, -0.2) is 9.59 Å². The number of urea groups is 1. The smallest absolute Gasteiger partial charge is 0.337 e. The number of benzene rings is 1. The molecule has 1 aromatic carbocycles. The number of carbonyl (C=O) groups is 2. The van der Waals surface area contributed by atoms with Crippen LogP contribution in [0.1, 0.15) is 18.5 Å². The van der Waals surface area contributed by atoms with E-state index in [2.05, 4.69) is 5.32 Å². The molecular weight excluding hydrogens is 282 g/mol. The van der Waals surface area contributed by atoms with Crippen molar-refractivity contribution in [3.05, 3.63) is 41.1 Å². The maximum atomic E-state index is 12.1. The average Bonchev–Trinajstić information content (AvgIpc) is 2.51. The van der Waals surface area contributed by atoms with Crippen molar-refractivity contribution in [1.82, 2.24) is 10.2 Å². The summed E-state index contributed by atoms with van der Waals surface area (Å²) in [6.07, 6.45) is 0. The number of carbonyl (C=O) groups excluding carboxylic acids is 2. The summed E-state index contributed by atoms with van der Waals surface area (Å²) < 4.78 is 4.87. The van der Waals surface area contributed by atoms with Gasteiger partial charge in [0.05, 0.1) is 18.7 Å². The summed E-state index contributed by atoms with van der Waals surface area (Å²) in [5.41, 5.74) is 2.93. The first-order valence-corrected chi connectivity index (χ1v) is 6.97. The van der Waals surface area contributed by atoms with Gasteiger partial charge in [-0.15, -0.1) is 0 Å². The highest BCUT2D eigenvalue weighted by molar-refractivity contribution is 5.94. The van der Waals surface area contributed by atoms with E-state index in [1.54, 1.807) is 14.0 Å². The van der Waals surface area contributed by atoms with Gasteiger partial charge >= 0.3 is 12.0 Å². The van der Waals surface area contributed by atoms with Crippen molar-refractivity contribution in [1.29, 1.82) is 0 Å². The maximum absolute atomic E-state index is 12.1. The van der Waals surface area contributed by atoms with Gasteiger partial charge in [-0.2, -0.15) is 0 Å². The van der Waals surface area contributed by atoms with E-state index in [4.69, 9.17) is 4.74 Å². The molecule has 2 amide bonds. The number of esters is 1. The van der Waals surface area contributed by atoms with E-state index in [-0.39, 0.29) is 6.03 Å². The highest BCUT2D eigenvalue weighted by atomic mass is 16.5. The fourth-order valence-corrected chi connectivity index (χ4v) is 2.42. The molecule has 1 N–H and O–H groups in total. The summed E-state index contributed by atoms with van der Waals surface area (Å²) in [7, 11) is 6.87. The first-order chi connectivity index (χ1) is 10.4. The van der Waals surface area contributed by atoms with Gasteiger partial charge in [-0.05, 0) is 24.6 Å². The number of nitrogens with zero attached hydrogens (tertiary/aromatic N) is 2. The number of allylic oxidation sites excluding steroid dienone is 1. The Labute approximate surface area is 130 Å². The third-order valence-electron chi connectivity index (χ3n) is 3.90. The largest absolute Gasteiger partial charge is 0.466 e. The number of methoxy groups -OCH3 is 1. The van der Waals surface area contributed by atoms with E-state index in [0.717, 1.165) is 11.3 Å². The van der Waals surface area contributed by atoms with Gasteiger partial charge in [-0.1, -0.05) is 12.1 Å². The van der Waals surface area contributed by atoms with Crippen molar-refractivity contribution < 1.29 is 14.3 Å². The molecule has 6 nitrogen and oxygen atoms in total. The van der Waals surface area contributed by atoms with Crippen molar-refractivity contribution in [2.45, 2.75) is 13.0 Å². The van der Waals surface area contributed by atoms with Crippen LogP contribution in [0, 0.1) is 0 Å². The van der Waals surface area contributed by atoms with Crippen LogP contribution >= 0.6 is 0 Å². The molecule has 2 rings (SSSR count). The van der Waals surface area contributed by atoms with Gasteiger partial charge in [0, 0.05) is 32.5 Å². The molecule has 0 fully saturated rings. The Balaban J connectivity index is 2.46. The Hall–Kier alpha value is -2.50. The van der Waals surface area contributed by atoms with Gasteiger partial charge in [0.1, 0.15) is 0 Å². The van der Waals surface area contributed by atoms with E-state index in [1.807, 2.05) is 43.3 Å². The summed E-state index contributed by atoms with van der Waals surface area (Å²) in [6.45, 7) is 1.74. The second-order valence-corrected chi connectivity index (χ2v) is 5.42. The summed E-state index contributed by atoms with van der Waals surface area (Å²) in [4.78, 5) is 27.6. The molecule has 0 bridgehead atoms. The standard InChI is InChI=1S/C16H21N3O3/c1-10-13(15(20)22-5)14(17-16(21)19(10)4)11-6-8-12(9-7-11)18(2)3/h6-9,14H,1-5H3,(H,17,21). The fraction of sp³-hybridized carbons (Fsp3) is 0.375. The normalized spacial score (nSPS) is 18.1. The molecule has 1 heterocycles. The van der Waals surface area contributed by atoms with E-state index < -0.39 is 12.0 Å². The molecule has 1 aromatic rings. The lowest BCUT2D eigenvalue weighted by molar-refractivity contribution is -0.136. The van der Waals surface area contributed by atoms with Crippen LogP contribution in [0.2, 0.25) is 0 Å². The lowest BCUT2D eigenvalue weighted by Gasteiger charge is -2.33. The molecule has 0 aliphatic carbocycles. The minimum Gasteiger partial charge on any atom is -0.466 e. The van der Waals surface area contributed by atoms with Gasteiger partial charge in [0.2, 0.25) is 0 Å². The third kappa shape index (κ3) is 2.77. The van der Waals surface area contributed by atoms with E-state index in [9.17, 15) is 9.59 Å². The number of amides is 2. The highest BCUT2D eigenvalue weighted by Crippen LogP contribution is 2.31. The van der Waals surface area contributed by atoms with Crippen LogP contribution < -0.4 is 10.2 Å². The topological polar surface area (TPSA) is 61.9 Å². The van der Waals surface area contributed by atoms with Gasteiger partial charge in [0.25, 0.3) is 0 Å². The molecule has 1 aliphatic rings. The van der Waals surface area contributed by atoms with Crippen LogP contribution in [0.3, 0.4) is 0 Å². The number of ether oxygens (including phenoxy) is 1. The molecule has 6 heteroatoms. The lowest BCUT2D eigenvalue weighted by Crippen LogP contribution is -2.46. The Bertz CT molecular complexity index is 620. The van der Waals surface area contributed by atoms with Gasteiger partial charge in [-0.3, -0.25) is 0 Å². The Morgan fingerprint density at radius 2 is 1.86 bits per heavy atom. The van der Waals surface area contributed by atoms with E-state index in [0.29, 0.717) is 11.3 Å². The van der Waals surface area contributed by atoms with Crippen LogP contribution in [-0.4, -0.2) is 45.2 Å². The second kappa shape index (κ2) is 6.09. The number of hydrogen-bond donors (Lipinski definition) is 1. The molecule has 0 radical (unpaired) electrons. The van der Waals surface area contributed by atoms with Crippen molar-refractivity contribution in [2.75, 3.05) is 33.2 Å². The minimum atomic E-state index is -0.507. The monoisotopic (exact) mass is 303 g/mol. The van der Waals surface area contributed by atoms with Crippen molar-refractivity contribution in [3.8, 4) is 0 Å². The Morgan fingerprint density at radius 3 is 2.36 bits per heavy atom. The zero-order chi connectivity index (χ0) is 16.4. The molecule has 0 saturated heterocycles. The van der Waals surface area contributed by atoms with Gasteiger partial charge < -0.3 is 19.9 Å². The predicted molar refractivity (Wildman–Crippen MR) is 84.5 cm³/mol. The number of hydrogen-bond acceptors (Lipinski definition) is 4. The van der Waals surface area contributed by atoms with Crippen LogP contribution in [0.25, 0.3) is 0 Å². The number of nitrogens with one attached hydrogen (secondary N) is 1. The van der Waals surface area contributed by atoms with Crippen LogP contribution in [0.15, 0.2) is 35.5 Å². The van der Waals surface area contributed by atoms with Gasteiger partial charge in [0.15, 0.2) is 0 Å². The van der Waals surface area contributed by atoms with E-state index >= 15 is 0 Å². The molecule has 0 saturated carbocycles. The Kier molecular flexibility index (Phi) is 4.40. The number of rotatable bonds is 3. The molecule has 0 aromatic heterocycles. The molecular formula is C16H21N3O3. The minimum absolute atomic E-state index is 0.244. The summed E-state index contributed by atoms with van der Waals surface area (Å²) in [5.74, 6) is -0.439. The zero-order valence-corrected chi connectivity index (χ0v) is 13.5. The van der Waals surface area contributed by atoms with E-state index in [1.165, 1.54) is 12.0 Å². The van der Waals surface area contributed by atoms with Crippen LogP contribution in [0.5, 0.6) is 0 Å². The third-order valence-corrected chi connectivity index (χ3v) is 3.90. The summed E-state index contributed by atoms with van der Waals surface area (Å²) in [5, 5.41) is 2.84. The van der Waals surface area contributed by atoms with Crippen molar-refractivity contribution in [3.63, 3.8) is 0 Å². The number of anilines is 1. The lowest BCUT2D eigenvalue weighted by atomic mass is 9.95. The predicted octanol–water partition coefficient (Wildman–Crippen LogP) is 1.90. The molecule has 1 aliphatic heterocycles. The summed E-state index contributed by atoms with van der Waals surface area (Å²) >= 11 is 0. The van der Waals surface area contributed by atoms with Crippen LogP contribution in [0.4, 0.5) is 10.5 Å². The molecule has 1 unspecified atom stereocenters. The second-order valence-electron chi connectivity index (χ2n) is 5.42. The maximum Gasteiger partial charge on any atom is 0.337 e. The molecule has 22 heavy (non-hydrogen) atoms. The first-order valence-electron chi connectivity index (χ1n) is 6.97. The quantitative estimate of drug-likeness (QED) is 0.866. The Morgan fingerprint density at radius 1 is 1.27 bits per heavy atom. The first kappa shape index (κ1) is 15.9.